The Morgan fingerprint density at radius 3 is 2.50 bits per heavy atom. The molecule has 1 saturated carbocycles. The van der Waals surface area contributed by atoms with Crippen molar-refractivity contribution >= 4 is 23.4 Å². The molecular weight excluding hydrogens is 397 g/mol. The minimum atomic E-state index is -0.378. The zero-order valence-corrected chi connectivity index (χ0v) is 17.6. The van der Waals surface area contributed by atoms with E-state index >= 15 is 0 Å². The highest BCUT2D eigenvalue weighted by molar-refractivity contribution is 7.99. The third kappa shape index (κ3) is 4.68. The first kappa shape index (κ1) is 20.5. The van der Waals surface area contributed by atoms with E-state index < -0.39 is 0 Å². The molecule has 0 radical (unpaired) electrons. The minimum absolute atomic E-state index is 0.174. The van der Waals surface area contributed by atoms with Crippen molar-refractivity contribution in [3.05, 3.63) is 89.2 Å². The van der Waals surface area contributed by atoms with E-state index in [-0.39, 0.29) is 17.5 Å². The first-order valence-corrected chi connectivity index (χ1v) is 10.8. The predicted octanol–water partition coefficient (Wildman–Crippen LogP) is 6.08. The summed E-state index contributed by atoms with van der Waals surface area (Å²) in [6.45, 7) is 0. The second kappa shape index (κ2) is 8.92. The van der Waals surface area contributed by atoms with E-state index in [2.05, 4.69) is 24.3 Å². The van der Waals surface area contributed by atoms with Crippen LogP contribution in [0.2, 0.25) is 0 Å². The average molecular weight is 422 g/mol. The van der Waals surface area contributed by atoms with Crippen LogP contribution in [0.15, 0.2) is 76.5 Å². The molecule has 0 saturated heterocycles. The Bertz CT molecular complexity index is 1050. The summed E-state index contributed by atoms with van der Waals surface area (Å²) in [6, 6.07) is 21.2. The van der Waals surface area contributed by atoms with E-state index in [9.17, 15) is 9.18 Å². The fourth-order valence-electron chi connectivity index (χ4n) is 3.96. The standard InChI is InChI=1S/C25H24FNO2S/c1-29-25(28)19-7-5-18(6-8-19)20-12-17(13-20)11-16-3-2-4-21(14-16)30-22-9-10-24(27)23(26)15-22/h2-10,14-15,17,20H,11-13,27H2,1H3. The summed E-state index contributed by atoms with van der Waals surface area (Å²) in [7, 11) is 1.40. The molecule has 0 unspecified atom stereocenters. The third-order valence-corrected chi connectivity index (χ3v) is 6.65. The monoisotopic (exact) mass is 421 g/mol. The van der Waals surface area contributed by atoms with Crippen molar-refractivity contribution in [3.63, 3.8) is 0 Å². The maximum atomic E-state index is 13.7. The molecule has 0 heterocycles. The molecular formula is C25H24FNO2S. The molecule has 2 N–H and O–H groups in total. The Balaban J connectivity index is 1.33. The number of nitrogen functional groups attached to an aromatic ring is 1. The molecule has 3 nitrogen and oxygen atoms in total. The number of rotatable bonds is 6. The molecule has 1 aliphatic rings. The SMILES string of the molecule is COC(=O)c1ccc(C2CC(Cc3cccc(Sc4ccc(N)c(F)c4)c3)C2)cc1. The normalized spacial score (nSPS) is 17.9. The van der Waals surface area contributed by atoms with Gasteiger partial charge in [0.15, 0.2) is 0 Å². The number of nitrogens with two attached hydrogens (primary N) is 1. The first-order valence-electron chi connectivity index (χ1n) is 10.0. The van der Waals surface area contributed by atoms with Crippen LogP contribution in [0, 0.1) is 11.7 Å². The van der Waals surface area contributed by atoms with Crippen molar-refractivity contribution in [1.29, 1.82) is 0 Å². The van der Waals surface area contributed by atoms with Crippen molar-refractivity contribution in [2.75, 3.05) is 12.8 Å². The second-order valence-corrected chi connectivity index (χ2v) is 8.93. The van der Waals surface area contributed by atoms with Gasteiger partial charge in [0.2, 0.25) is 0 Å². The van der Waals surface area contributed by atoms with Crippen LogP contribution in [0.3, 0.4) is 0 Å². The van der Waals surface area contributed by atoms with Gasteiger partial charge in [0, 0.05) is 9.79 Å². The summed E-state index contributed by atoms with van der Waals surface area (Å²) in [5.74, 6) is 0.533. The summed E-state index contributed by atoms with van der Waals surface area (Å²) < 4.78 is 18.4. The lowest BCUT2D eigenvalue weighted by molar-refractivity contribution is 0.0600. The van der Waals surface area contributed by atoms with E-state index in [1.54, 1.807) is 17.8 Å². The van der Waals surface area contributed by atoms with Crippen LogP contribution in [0.5, 0.6) is 0 Å². The number of carbonyl (C=O) groups excluding carboxylic acids is 1. The largest absolute Gasteiger partial charge is 0.465 e. The summed E-state index contributed by atoms with van der Waals surface area (Å²) in [6.07, 6.45) is 3.34. The van der Waals surface area contributed by atoms with Gasteiger partial charge in [0.25, 0.3) is 0 Å². The van der Waals surface area contributed by atoms with Crippen LogP contribution in [0.25, 0.3) is 0 Å². The Labute approximate surface area is 180 Å². The highest BCUT2D eigenvalue weighted by Gasteiger charge is 2.30. The molecule has 0 aromatic heterocycles. The molecule has 5 heteroatoms. The average Bonchev–Trinajstić information content (AvgIpc) is 2.73. The number of hydrogen-bond acceptors (Lipinski definition) is 4. The van der Waals surface area contributed by atoms with Crippen LogP contribution >= 0.6 is 11.8 Å². The predicted molar refractivity (Wildman–Crippen MR) is 118 cm³/mol. The van der Waals surface area contributed by atoms with Crippen LogP contribution in [0.1, 0.15) is 40.2 Å². The molecule has 0 amide bonds. The zero-order valence-electron chi connectivity index (χ0n) is 16.8. The number of esters is 1. The van der Waals surface area contributed by atoms with Gasteiger partial charge in [-0.3, -0.25) is 0 Å². The molecule has 4 rings (SSSR count). The maximum Gasteiger partial charge on any atom is 0.337 e. The van der Waals surface area contributed by atoms with Crippen LogP contribution in [-0.2, 0) is 11.2 Å². The zero-order chi connectivity index (χ0) is 21.1. The van der Waals surface area contributed by atoms with E-state index in [0.29, 0.717) is 17.4 Å². The van der Waals surface area contributed by atoms with Gasteiger partial charge in [0.1, 0.15) is 5.82 Å². The van der Waals surface area contributed by atoms with Crippen molar-refractivity contribution in [2.45, 2.75) is 35.0 Å². The number of methoxy groups -OCH3 is 1. The van der Waals surface area contributed by atoms with E-state index in [1.165, 1.54) is 24.3 Å². The Kier molecular flexibility index (Phi) is 6.09. The number of anilines is 1. The lowest BCUT2D eigenvalue weighted by Gasteiger charge is -2.36. The van der Waals surface area contributed by atoms with Gasteiger partial charge in [0.05, 0.1) is 18.4 Å². The van der Waals surface area contributed by atoms with Gasteiger partial charge < -0.3 is 10.5 Å². The van der Waals surface area contributed by atoms with Crippen molar-refractivity contribution in [1.82, 2.24) is 0 Å². The molecule has 0 bridgehead atoms. The van der Waals surface area contributed by atoms with Crippen LogP contribution < -0.4 is 5.73 Å². The molecule has 3 aromatic carbocycles. The van der Waals surface area contributed by atoms with Crippen molar-refractivity contribution in [3.8, 4) is 0 Å². The fourth-order valence-corrected chi connectivity index (χ4v) is 4.89. The molecule has 1 aliphatic carbocycles. The molecule has 154 valence electrons. The number of carbonyl (C=O) groups is 1. The van der Waals surface area contributed by atoms with E-state index in [4.69, 9.17) is 10.5 Å². The molecule has 0 atom stereocenters. The van der Waals surface area contributed by atoms with Gasteiger partial charge in [-0.2, -0.15) is 0 Å². The second-order valence-electron chi connectivity index (χ2n) is 7.78. The molecule has 1 fully saturated rings. The summed E-state index contributed by atoms with van der Waals surface area (Å²) >= 11 is 1.55. The van der Waals surface area contributed by atoms with Crippen molar-refractivity contribution < 1.29 is 13.9 Å². The minimum Gasteiger partial charge on any atom is -0.465 e. The number of halogens is 1. The quantitative estimate of drug-likeness (QED) is 0.387. The smallest absolute Gasteiger partial charge is 0.337 e. The fraction of sp³-hybridized carbons (Fsp3) is 0.240. The van der Waals surface area contributed by atoms with E-state index in [0.717, 1.165) is 29.1 Å². The van der Waals surface area contributed by atoms with Crippen LogP contribution in [-0.4, -0.2) is 13.1 Å². The number of benzene rings is 3. The van der Waals surface area contributed by atoms with Crippen molar-refractivity contribution in [2.24, 2.45) is 5.92 Å². The summed E-state index contributed by atoms with van der Waals surface area (Å²) in [5, 5.41) is 0. The first-order chi connectivity index (χ1) is 14.5. The van der Waals surface area contributed by atoms with Gasteiger partial charge in [-0.05, 0) is 84.7 Å². The lowest BCUT2D eigenvalue weighted by Crippen LogP contribution is -2.23. The summed E-state index contributed by atoms with van der Waals surface area (Å²) in [4.78, 5) is 13.5. The number of ether oxygens (including phenoxy) is 1. The number of hydrogen-bond donors (Lipinski definition) is 1. The van der Waals surface area contributed by atoms with E-state index in [1.807, 2.05) is 30.3 Å². The topological polar surface area (TPSA) is 52.3 Å². The molecule has 0 aliphatic heterocycles. The summed E-state index contributed by atoms with van der Waals surface area (Å²) in [5.41, 5.74) is 8.91. The Morgan fingerprint density at radius 2 is 1.80 bits per heavy atom. The third-order valence-electron chi connectivity index (χ3n) is 5.67. The Morgan fingerprint density at radius 1 is 1.07 bits per heavy atom. The van der Waals surface area contributed by atoms with Crippen LogP contribution in [0.4, 0.5) is 10.1 Å². The Hall–Kier alpha value is -2.79. The highest BCUT2D eigenvalue weighted by Crippen LogP contribution is 2.43. The molecule has 0 spiro atoms. The lowest BCUT2D eigenvalue weighted by atomic mass is 9.69. The molecule has 30 heavy (non-hydrogen) atoms. The van der Waals surface area contributed by atoms with Gasteiger partial charge >= 0.3 is 5.97 Å². The molecule has 3 aromatic rings. The maximum absolute atomic E-state index is 13.7. The van der Waals surface area contributed by atoms with Gasteiger partial charge in [-0.1, -0.05) is 36.0 Å². The highest BCUT2D eigenvalue weighted by atomic mass is 32.2. The van der Waals surface area contributed by atoms with Gasteiger partial charge in [-0.25, -0.2) is 9.18 Å². The van der Waals surface area contributed by atoms with Gasteiger partial charge in [-0.15, -0.1) is 0 Å².